The number of anilines is 1. The Balaban J connectivity index is 2.03. The number of aryl methyl sites for hydroxylation is 1. The van der Waals surface area contributed by atoms with Gasteiger partial charge >= 0.3 is 6.09 Å². The fourth-order valence-electron chi connectivity index (χ4n) is 1.41. The summed E-state index contributed by atoms with van der Waals surface area (Å²) < 4.78 is 5.01. The first-order chi connectivity index (χ1) is 8.65. The molecule has 2 rings (SSSR count). The van der Waals surface area contributed by atoms with Crippen molar-refractivity contribution in [3.05, 3.63) is 53.2 Å². The highest BCUT2D eigenvalue weighted by molar-refractivity contribution is 6.30. The van der Waals surface area contributed by atoms with Gasteiger partial charge in [-0.2, -0.15) is 0 Å². The second-order valence-electron chi connectivity index (χ2n) is 3.64. The fraction of sp³-hybridized carbons (Fsp3) is 0.0769. The lowest BCUT2D eigenvalue weighted by molar-refractivity contribution is 0.213. The van der Waals surface area contributed by atoms with Gasteiger partial charge in [-0.25, -0.2) is 9.78 Å². The van der Waals surface area contributed by atoms with Gasteiger partial charge in [0.15, 0.2) is 0 Å². The van der Waals surface area contributed by atoms with E-state index in [4.69, 9.17) is 16.3 Å². The van der Waals surface area contributed by atoms with E-state index >= 15 is 0 Å². The van der Waals surface area contributed by atoms with Crippen molar-refractivity contribution in [2.24, 2.45) is 0 Å². The van der Waals surface area contributed by atoms with E-state index in [0.29, 0.717) is 10.7 Å². The molecule has 1 heterocycles. The Bertz CT molecular complexity index is 558. The second kappa shape index (κ2) is 5.51. The Morgan fingerprint density at radius 2 is 2.17 bits per heavy atom. The molecular weight excluding hydrogens is 252 g/mol. The molecule has 0 aliphatic heterocycles. The van der Waals surface area contributed by atoms with E-state index in [1.165, 1.54) is 0 Å². The molecule has 1 aromatic carbocycles. The Kier molecular flexibility index (Phi) is 3.79. The topological polar surface area (TPSA) is 51.2 Å². The zero-order valence-corrected chi connectivity index (χ0v) is 10.4. The molecule has 1 N–H and O–H groups in total. The van der Waals surface area contributed by atoms with E-state index in [1.807, 2.05) is 6.92 Å². The number of aromatic nitrogens is 1. The van der Waals surface area contributed by atoms with Crippen LogP contribution in [0.5, 0.6) is 5.88 Å². The summed E-state index contributed by atoms with van der Waals surface area (Å²) in [6, 6.07) is 10.3. The standard InChI is InChI=1S/C13H11ClN2O2/c1-9-8-10(14)5-6-11(9)16-13(17)18-12-4-2-3-7-15-12/h2-8H,1H3,(H,16,17). The second-order valence-corrected chi connectivity index (χ2v) is 4.08. The van der Waals surface area contributed by atoms with Gasteiger partial charge in [0.2, 0.25) is 5.88 Å². The molecule has 0 saturated heterocycles. The Hall–Kier alpha value is -2.07. The van der Waals surface area contributed by atoms with Crippen LogP contribution in [0.1, 0.15) is 5.56 Å². The SMILES string of the molecule is Cc1cc(Cl)ccc1NC(=O)Oc1ccccn1. The smallest absolute Gasteiger partial charge is 0.391 e. The van der Waals surface area contributed by atoms with E-state index < -0.39 is 6.09 Å². The molecule has 0 aliphatic rings. The largest absolute Gasteiger partial charge is 0.418 e. The number of pyridine rings is 1. The normalized spacial score (nSPS) is 9.89. The maximum atomic E-state index is 11.6. The number of nitrogens with one attached hydrogen (secondary N) is 1. The quantitative estimate of drug-likeness (QED) is 0.899. The molecule has 5 heteroatoms. The van der Waals surface area contributed by atoms with Gasteiger partial charge in [0, 0.05) is 23.0 Å². The lowest BCUT2D eigenvalue weighted by Crippen LogP contribution is -2.17. The van der Waals surface area contributed by atoms with Crippen LogP contribution in [0.15, 0.2) is 42.6 Å². The van der Waals surface area contributed by atoms with Gasteiger partial charge in [-0.3, -0.25) is 5.32 Å². The van der Waals surface area contributed by atoms with Crippen molar-refractivity contribution in [1.29, 1.82) is 0 Å². The number of hydrogen-bond donors (Lipinski definition) is 1. The average Bonchev–Trinajstić information content (AvgIpc) is 2.34. The molecule has 0 aliphatic carbocycles. The summed E-state index contributed by atoms with van der Waals surface area (Å²) in [5.41, 5.74) is 1.51. The molecule has 92 valence electrons. The first-order valence-electron chi connectivity index (χ1n) is 5.31. The molecule has 4 nitrogen and oxygen atoms in total. The van der Waals surface area contributed by atoms with Crippen LogP contribution >= 0.6 is 11.6 Å². The van der Waals surface area contributed by atoms with Gasteiger partial charge < -0.3 is 4.74 Å². The zero-order chi connectivity index (χ0) is 13.0. The Labute approximate surface area is 110 Å². The minimum absolute atomic E-state index is 0.251. The summed E-state index contributed by atoms with van der Waals surface area (Å²) in [6.07, 6.45) is 0.968. The number of nitrogens with zero attached hydrogens (tertiary/aromatic N) is 1. The number of halogens is 1. The van der Waals surface area contributed by atoms with Crippen molar-refractivity contribution in [2.75, 3.05) is 5.32 Å². The fourth-order valence-corrected chi connectivity index (χ4v) is 1.63. The molecule has 0 unspecified atom stereocenters. The minimum Gasteiger partial charge on any atom is -0.391 e. The number of benzene rings is 1. The predicted octanol–water partition coefficient (Wildman–Crippen LogP) is 3.65. The van der Waals surface area contributed by atoms with Crippen LogP contribution in [0.3, 0.4) is 0 Å². The van der Waals surface area contributed by atoms with Gasteiger partial charge in [-0.05, 0) is 36.8 Å². The van der Waals surface area contributed by atoms with Crippen LogP contribution in [0, 0.1) is 6.92 Å². The molecule has 0 bridgehead atoms. The molecule has 2 aromatic rings. The third-order valence-electron chi connectivity index (χ3n) is 2.26. The van der Waals surface area contributed by atoms with Crippen molar-refractivity contribution in [3.63, 3.8) is 0 Å². The first-order valence-corrected chi connectivity index (χ1v) is 5.69. The van der Waals surface area contributed by atoms with Gasteiger partial charge in [0.25, 0.3) is 0 Å². The van der Waals surface area contributed by atoms with Gasteiger partial charge in [-0.15, -0.1) is 0 Å². The third kappa shape index (κ3) is 3.21. The van der Waals surface area contributed by atoms with Crippen molar-refractivity contribution < 1.29 is 9.53 Å². The van der Waals surface area contributed by atoms with Gasteiger partial charge in [-0.1, -0.05) is 17.7 Å². The maximum Gasteiger partial charge on any atom is 0.418 e. The predicted molar refractivity (Wildman–Crippen MR) is 70.1 cm³/mol. The van der Waals surface area contributed by atoms with Crippen LogP contribution in [0.25, 0.3) is 0 Å². The molecular formula is C13H11ClN2O2. The number of ether oxygens (including phenoxy) is 1. The summed E-state index contributed by atoms with van der Waals surface area (Å²) in [5, 5.41) is 3.25. The zero-order valence-electron chi connectivity index (χ0n) is 9.68. The molecule has 0 atom stereocenters. The monoisotopic (exact) mass is 262 g/mol. The number of carbonyl (C=O) groups is 1. The van der Waals surface area contributed by atoms with E-state index in [0.717, 1.165) is 5.56 Å². The summed E-state index contributed by atoms with van der Waals surface area (Å²) in [4.78, 5) is 15.5. The summed E-state index contributed by atoms with van der Waals surface area (Å²) in [5.74, 6) is 0.251. The summed E-state index contributed by atoms with van der Waals surface area (Å²) >= 11 is 5.83. The van der Waals surface area contributed by atoms with Crippen molar-refractivity contribution >= 4 is 23.4 Å². The van der Waals surface area contributed by atoms with Gasteiger partial charge in [0.1, 0.15) is 0 Å². The average molecular weight is 263 g/mol. The number of rotatable bonds is 2. The van der Waals surface area contributed by atoms with Crippen molar-refractivity contribution in [3.8, 4) is 5.88 Å². The molecule has 0 fully saturated rings. The molecule has 1 aromatic heterocycles. The highest BCUT2D eigenvalue weighted by Gasteiger charge is 2.07. The van der Waals surface area contributed by atoms with E-state index in [1.54, 1.807) is 42.6 Å². The summed E-state index contributed by atoms with van der Waals surface area (Å²) in [6.45, 7) is 1.85. The van der Waals surface area contributed by atoms with Crippen molar-refractivity contribution in [2.45, 2.75) is 6.92 Å². The molecule has 1 amide bonds. The van der Waals surface area contributed by atoms with Crippen LogP contribution < -0.4 is 10.1 Å². The van der Waals surface area contributed by atoms with Crippen LogP contribution in [0.4, 0.5) is 10.5 Å². The Morgan fingerprint density at radius 3 is 2.83 bits per heavy atom. The lowest BCUT2D eigenvalue weighted by Gasteiger charge is -2.08. The van der Waals surface area contributed by atoms with E-state index in [9.17, 15) is 4.79 Å². The molecule has 0 radical (unpaired) electrons. The molecule has 0 spiro atoms. The first kappa shape index (κ1) is 12.4. The third-order valence-corrected chi connectivity index (χ3v) is 2.50. The van der Waals surface area contributed by atoms with Crippen LogP contribution in [-0.4, -0.2) is 11.1 Å². The highest BCUT2D eigenvalue weighted by Crippen LogP contribution is 2.19. The van der Waals surface area contributed by atoms with E-state index in [-0.39, 0.29) is 5.88 Å². The highest BCUT2D eigenvalue weighted by atomic mass is 35.5. The lowest BCUT2D eigenvalue weighted by atomic mass is 10.2. The number of hydrogen-bond acceptors (Lipinski definition) is 3. The Morgan fingerprint density at radius 1 is 1.33 bits per heavy atom. The molecule has 0 saturated carbocycles. The van der Waals surface area contributed by atoms with E-state index in [2.05, 4.69) is 10.3 Å². The summed E-state index contributed by atoms with van der Waals surface area (Å²) in [7, 11) is 0. The van der Waals surface area contributed by atoms with Crippen molar-refractivity contribution in [1.82, 2.24) is 4.98 Å². The van der Waals surface area contributed by atoms with Crippen LogP contribution in [-0.2, 0) is 0 Å². The maximum absolute atomic E-state index is 11.6. The van der Waals surface area contributed by atoms with Crippen LogP contribution in [0.2, 0.25) is 5.02 Å². The van der Waals surface area contributed by atoms with Gasteiger partial charge in [0.05, 0.1) is 0 Å². The molecule has 18 heavy (non-hydrogen) atoms. The number of amides is 1. The minimum atomic E-state index is -0.584. The number of carbonyl (C=O) groups excluding carboxylic acids is 1.